The topological polar surface area (TPSA) is 45.1 Å². The molecule has 0 fully saturated rings. The van der Waals surface area contributed by atoms with Crippen LogP contribution in [0.25, 0.3) is 0 Å². The highest BCUT2D eigenvalue weighted by molar-refractivity contribution is 9.10. The van der Waals surface area contributed by atoms with E-state index < -0.39 is 6.23 Å². The number of nitrogens with zero attached hydrogens (tertiary/aromatic N) is 2. The fraction of sp³-hybridized carbons (Fsp3) is 0.136. The number of ether oxygens (including phenoxy) is 1. The summed E-state index contributed by atoms with van der Waals surface area (Å²) in [5.41, 5.74) is 3.74. The Balaban J connectivity index is 1.64. The molecule has 0 saturated carbocycles. The highest BCUT2D eigenvalue weighted by atomic mass is 79.9. The average molecular weight is 456 g/mol. The normalized spacial score (nSPS) is 20.2. The van der Waals surface area contributed by atoms with E-state index in [1.54, 1.807) is 12.1 Å². The first kappa shape index (κ1) is 17.6. The largest absolute Gasteiger partial charge is 0.507 e. The van der Waals surface area contributed by atoms with Crippen molar-refractivity contribution in [3.05, 3.63) is 92.9 Å². The molecule has 2 aliphatic rings. The van der Waals surface area contributed by atoms with Crippen molar-refractivity contribution in [1.29, 1.82) is 0 Å². The number of aromatic hydroxyl groups is 1. The number of phenols is 1. The van der Waals surface area contributed by atoms with Crippen LogP contribution in [0, 0.1) is 0 Å². The lowest BCUT2D eigenvalue weighted by Crippen LogP contribution is -2.33. The maximum atomic E-state index is 10.5. The average Bonchev–Trinajstić information content (AvgIpc) is 3.16. The van der Waals surface area contributed by atoms with Gasteiger partial charge in [-0.3, -0.25) is 0 Å². The number of phenolic OH excluding ortho intramolecular Hbond substituents is 1. The molecule has 0 aliphatic carbocycles. The Morgan fingerprint density at radius 3 is 2.68 bits per heavy atom. The molecule has 1 N–H and O–H groups in total. The molecule has 3 aromatic carbocycles. The summed E-state index contributed by atoms with van der Waals surface area (Å²) in [5, 5.41) is 18.0. The van der Waals surface area contributed by atoms with E-state index in [2.05, 4.69) is 28.1 Å². The van der Waals surface area contributed by atoms with Crippen LogP contribution in [-0.4, -0.2) is 15.8 Å². The fourth-order valence-electron chi connectivity index (χ4n) is 3.79. The summed E-state index contributed by atoms with van der Waals surface area (Å²) in [4.78, 5) is 0. The van der Waals surface area contributed by atoms with Crippen LogP contribution < -0.4 is 4.74 Å². The van der Waals surface area contributed by atoms with Gasteiger partial charge in [0.25, 0.3) is 0 Å². The van der Waals surface area contributed by atoms with Crippen molar-refractivity contribution in [2.75, 3.05) is 0 Å². The Morgan fingerprint density at radius 2 is 1.86 bits per heavy atom. The summed E-state index contributed by atoms with van der Waals surface area (Å²) >= 11 is 9.75. The summed E-state index contributed by atoms with van der Waals surface area (Å²) in [6.07, 6.45) is 0.212. The van der Waals surface area contributed by atoms with Crippen LogP contribution in [0.4, 0.5) is 0 Å². The van der Waals surface area contributed by atoms with E-state index >= 15 is 0 Å². The number of fused-ring (bicyclic) bond motifs is 3. The molecule has 0 saturated heterocycles. The third-order valence-corrected chi connectivity index (χ3v) is 5.84. The smallest absolute Gasteiger partial charge is 0.217 e. The van der Waals surface area contributed by atoms with E-state index in [0.717, 1.165) is 33.5 Å². The van der Waals surface area contributed by atoms with Gasteiger partial charge < -0.3 is 9.84 Å². The zero-order valence-electron chi connectivity index (χ0n) is 14.7. The van der Waals surface area contributed by atoms with Crippen LogP contribution in [0.15, 0.2) is 76.3 Å². The Bertz CT molecular complexity index is 1090. The van der Waals surface area contributed by atoms with Gasteiger partial charge in [0, 0.05) is 21.5 Å². The van der Waals surface area contributed by atoms with Crippen molar-refractivity contribution in [2.45, 2.75) is 18.7 Å². The van der Waals surface area contributed by atoms with E-state index in [-0.39, 0.29) is 11.8 Å². The van der Waals surface area contributed by atoms with Gasteiger partial charge in [0.1, 0.15) is 11.5 Å². The summed E-state index contributed by atoms with van der Waals surface area (Å²) in [5.74, 6) is 0.937. The van der Waals surface area contributed by atoms with Crippen LogP contribution in [0.1, 0.15) is 35.4 Å². The molecule has 0 amide bonds. The number of hydrogen-bond donors (Lipinski definition) is 1. The highest BCUT2D eigenvalue weighted by Gasteiger charge is 2.42. The lowest BCUT2D eigenvalue weighted by molar-refractivity contribution is -0.0203. The minimum atomic E-state index is -0.530. The highest BCUT2D eigenvalue weighted by Crippen LogP contribution is 2.49. The summed E-state index contributed by atoms with van der Waals surface area (Å²) < 4.78 is 7.16. The van der Waals surface area contributed by atoms with Crippen LogP contribution in [0.3, 0.4) is 0 Å². The van der Waals surface area contributed by atoms with E-state index in [9.17, 15) is 5.11 Å². The van der Waals surface area contributed by atoms with Gasteiger partial charge in [-0.15, -0.1) is 0 Å². The maximum absolute atomic E-state index is 10.5. The monoisotopic (exact) mass is 454 g/mol. The third-order valence-electron chi connectivity index (χ3n) is 5.11. The van der Waals surface area contributed by atoms with E-state index in [4.69, 9.17) is 21.4 Å². The molecule has 3 aromatic rings. The van der Waals surface area contributed by atoms with Gasteiger partial charge >= 0.3 is 0 Å². The molecule has 140 valence electrons. The van der Waals surface area contributed by atoms with Gasteiger partial charge in [0.15, 0.2) is 0 Å². The molecule has 4 nitrogen and oxygen atoms in total. The molecule has 0 bridgehead atoms. The summed E-state index contributed by atoms with van der Waals surface area (Å²) in [7, 11) is 0. The predicted octanol–water partition coefficient (Wildman–Crippen LogP) is 6.05. The molecule has 0 spiro atoms. The summed E-state index contributed by atoms with van der Waals surface area (Å²) in [6, 6.07) is 21.1. The molecule has 2 aliphatic heterocycles. The lowest BCUT2D eigenvalue weighted by Gasteiger charge is -2.38. The van der Waals surface area contributed by atoms with E-state index in [1.807, 2.05) is 47.5 Å². The van der Waals surface area contributed by atoms with Crippen molar-refractivity contribution in [2.24, 2.45) is 5.10 Å². The second kappa shape index (κ2) is 6.83. The predicted molar refractivity (Wildman–Crippen MR) is 113 cm³/mol. The Hall–Kier alpha value is -2.50. The van der Waals surface area contributed by atoms with Crippen LogP contribution in [-0.2, 0) is 0 Å². The molecule has 28 heavy (non-hydrogen) atoms. The van der Waals surface area contributed by atoms with Crippen LogP contribution in [0.2, 0.25) is 5.02 Å². The maximum Gasteiger partial charge on any atom is 0.217 e. The van der Waals surface area contributed by atoms with Gasteiger partial charge in [0.05, 0.1) is 17.3 Å². The molecule has 2 atom stereocenters. The number of benzene rings is 3. The van der Waals surface area contributed by atoms with Crippen molar-refractivity contribution in [3.8, 4) is 11.5 Å². The van der Waals surface area contributed by atoms with E-state index in [0.29, 0.717) is 10.6 Å². The first-order chi connectivity index (χ1) is 13.6. The fourth-order valence-corrected chi connectivity index (χ4v) is 4.35. The number of hydrazone groups is 1. The van der Waals surface area contributed by atoms with Gasteiger partial charge in [-0.1, -0.05) is 57.9 Å². The molecule has 5 rings (SSSR count). The molecule has 6 heteroatoms. The van der Waals surface area contributed by atoms with Crippen molar-refractivity contribution in [1.82, 2.24) is 5.01 Å². The molecule has 2 heterocycles. The van der Waals surface area contributed by atoms with Gasteiger partial charge in [-0.05, 0) is 42.0 Å². The molecule has 0 radical (unpaired) electrons. The SMILES string of the molecule is Oc1ccc(Br)cc1C1Oc2ccc(Cl)cc2C2CC(c3ccccc3)=NN21. The Kier molecular flexibility index (Phi) is 4.29. The quantitative estimate of drug-likeness (QED) is 0.511. The summed E-state index contributed by atoms with van der Waals surface area (Å²) in [6.45, 7) is 0. The molecular weight excluding hydrogens is 440 g/mol. The van der Waals surface area contributed by atoms with Gasteiger partial charge in [-0.25, -0.2) is 5.01 Å². The van der Waals surface area contributed by atoms with E-state index in [1.165, 1.54) is 0 Å². The molecule has 2 unspecified atom stereocenters. The first-order valence-electron chi connectivity index (χ1n) is 8.96. The zero-order valence-corrected chi connectivity index (χ0v) is 17.1. The molecule has 0 aromatic heterocycles. The minimum absolute atomic E-state index is 0.0129. The Morgan fingerprint density at radius 1 is 1.04 bits per heavy atom. The van der Waals surface area contributed by atoms with Crippen LogP contribution in [0.5, 0.6) is 11.5 Å². The molecular formula is C22H16BrClN2O2. The Labute approximate surface area is 176 Å². The third kappa shape index (κ3) is 2.95. The number of rotatable bonds is 2. The van der Waals surface area contributed by atoms with Gasteiger partial charge in [-0.2, -0.15) is 5.10 Å². The number of hydrogen-bond acceptors (Lipinski definition) is 4. The number of halogens is 2. The second-order valence-corrected chi connectivity index (χ2v) is 8.22. The lowest BCUT2D eigenvalue weighted by atomic mass is 9.96. The minimum Gasteiger partial charge on any atom is -0.507 e. The van der Waals surface area contributed by atoms with Crippen molar-refractivity contribution >= 4 is 33.2 Å². The van der Waals surface area contributed by atoms with Crippen LogP contribution >= 0.6 is 27.5 Å². The zero-order chi connectivity index (χ0) is 19.3. The second-order valence-electron chi connectivity index (χ2n) is 6.87. The first-order valence-corrected chi connectivity index (χ1v) is 10.1. The standard InChI is InChI=1S/C22H16BrClN2O2/c23-14-6-8-20(27)17(10-14)22-26-19(16-11-15(24)7-9-21(16)28-22)12-18(25-26)13-4-2-1-3-5-13/h1-11,19,22,27H,12H2. The van der Waals surface area contributed by atoms with Crippen molar-refractivity contribution in [3.63, 3.8) is 0 Å². The van der Waals surface area contributed by atoms with Gasteiger partial charge in [0.2, 0.25) is 6.23 Å². The van der Waals surface area contributed by atoms with Crippen molar-refractivity contribution < 1.29 is 9.84 Å².